The molecule has 5 nitrogen and oxygen atoms in total. The van der Waals surface area contributed by atoms with Crippen molar-refractivity contribution in [1.29, 1.82) is 0 Å². The van der Waals surface area contributed by atoms with Crippen LogP contribution in [0.5, 0.6) is 5.75 Å². The Balaban J connectivity index is 1.55. The second-order valence-corrected chi connectivity index (χ2v) is 6.02. The van der Waals surface area contributed by atoms with Gasteiger partial charge in [-0.25, -0.2) is 4.79 Å². The van der Waals surface area contributed by atoms with Crippen LogP contribution in [0.2, 0.25) is 0 Å². The zero-order valence-corrected chi connectivity index (χ0v) is 15.5. The summed E-state index contributed by atoms with van der Waals surface area (Å²) in [5, 5.41) is 3.36. The van der Waals surface area contributed by atoms with Crippen molar-refractivity contribution in [2.75, 3.05) is 13.7 Å². The average molecular weight is 365 g/mol. The number of methoxy groups -OCH3 is 1. The maximum Gasteiger partial charge on any atom is 0.338 e. The fourth-order valence-electron chi connectivity index (χ4n) is 2.69. The highest BCUT2D eigenvalue weighted by molar-refractivity contribution is 5.89. The van der Waals surface area contributed by atoms with E-state index in [1.165, 1.54) is 5.56 Å². The smallest absolute Gasteiger partial charge is 0.338 e. The largest absolute Gasteiger partial charge is 0.497 e. The van der Waals surface area contributed by atoms with Gasteiger partial charge in [0.15, 0.2) is 0 Å². The molecular formula is C22H23NO4. The van der Waals surface area contributed by atoms with Gasteiger partial charge in [0.25, 0.3) is 0 Å². The first-order valence-electron chi connectivity index (χ1n) is 8.89. The number of ether oxygens (including phenoxy) is 2. The van der Waals surface area contributed by atoms with Crippen molar-refractivity contribution >= 4 is 5.97 Å². The first-order chi connectivity index (χ1) is 13.2. The Morgan fingerprint density at radius 1 is 0.963 bits per heavy atom. The van der Waals surface area contributed by atoms with Gasteiger partial charge in [-0.05, 0) is 48.9 Å². The Labute approximate surface area is 158 Å². The summed E-state index contributed by atoms with van der Waals surface area (Å²) in [6, 6.07) is 19.1. The van der Waals surface area contributed by atoms with Crippen LogP contribution in [0, 0.1) is 0 Å². The molecule has 0 aliphatic heterocycles. The van der Waals surface area contributed by atoms with Crippen LogP contribution in [-0.4, -0.2) is 19.7 Å². The molecule has 0 radical (unpaired) electrons. The third-order valence-corrected chi connectivity index (χ3v) is 4.13. The van der Waals surface area contributed by atoms with Crippen LogP contribution in [-0.2, 0) is 17.8 Å². The van der Waals surface area contributed by atoms with Gasteiger partial charge in [0.05, 0.1) is 25.8 Å². The van der Waals surface area contributed by atoms with Crippen LogP contribution in [0.1, 0.15) is 28.6 Å². The minimum absolute atomic E-state index is 0.313. The van der Waals surface area contributed by atoms with E-state index in [1.54, 1.807) is 26.2 Å². The summed E-state index contributed by atoms with van der Waals surface area (Å²) < 4.78 is 16.0. The van der Waals surface area contributed by atoms with E-state index in [1.807, 2.05) is 48.5 Å². The van der Waals surface area contributed by atoms with E-state index in [2.05, 4.69) is 5.32 Å². The second-order valence-electron chi connectivity index (χ2n) is 6.02. The fraction of sp³-hybridized carbons (Fsp3) is 0.227. The number of carbonyl (C=O) groups excluding carboxylic acids is 1. The lowest BCUT2D eigenvalue weighted by atomic mass is 10.1. The van der Waals surface area contributed by atoms with Crippen molar-refractivity contribution < 1.29 is 18.7 Å². The van der Waals surface area contributed by atoms with Crippen LogP contribution in [0.25, 0.3) is 11.3 Å². The Morgan fingerprint density at radius 3 is 2.37 bits per heavy atom. The Kier molecular flexibility index (Phi) is 6.28. The Hall–Kier alpha value is -3.05. The van der Waals surface area contributed by atoms with Gasteiger partial charge in [-0.2, -0.15) is 0 Å². The number of benzene rings is 2. The first-order valence-corrected chi connectivity index (χ1v) is 8.89. The molecule has 0 atom stereocenters. The molecule has 0 amide bonds. The summed E-state index contributed by atoms with van der Waals surface area (Å²) in [7, 11) is 1.66. The van der Waals surface area contributed by atoms with E-state index in [0.29, 0.717) is 18.7 Å². The highest BCUT2D eigenvalue weighted by Gasteiger charge is 2.09. The SMILES string of the molecule is CCOC(=O)c1ccc(-c2ccc(CNCc3ccc(OC)cc3)o2)cc1. The van der Waals surface area contributed by atoms with Crippen LogP contribution in [0.15, 0.2) is 65.1 Å². The number of rotatable bonds is 8. The van der Waals surface area contributed by atoms with Crippen molar-refractivity contribution in [3.05, 3.63) is 77.6 Å². The molecule has 2 aromatic carbocycles. The number of hydrogen-bond donors (Lipinski definition) is 1. The molecule has 0 aliphatic carbocycles. The lowest BCUT2D eigenvalue weighted by Crippen LogP contribution is -2.11. The summed E-state index contributed by atoms with van der Waals surface area (Å²) >= 11 is 0. The molecule has 0 unspecified atom stereocenters. The van der Waals surface area contributed by atoms with E-state index >= 15 is 0 Å². The summed E-state index contributed by atoms with van der Waals surface area (Å²) in [5.41, 5.74) is 2.63. The molecule has 27 heavy (non-hydrogen) atoms. The average Bonchev–Trinajstić information content (AvgIpc) is 3.18. The molecule has 0 bridgehead atoms. The van der Waals surface area contributed by atoms with Crippen molar-refractivity contribution in [2.24, 2.45) is 0 Å². The molecule has 3 rings (SSSR count). The maximum atomic E-state index is 11.7. The summed E-state index contributed by atoms with van der Waals surface area (Å²) in [5.74, 6) is 2.16. The van der Waals surface area contributed by atoms with Crippen molar-refractivity contribution in [3.63, 3.8) is 0 Å². The highest BCUT2D eigenvalue weighted by Crippen LogP contribution is 2.23. The third-order valence-electron chi connectivity index (χ3n) is 4.13. The molecule has 0 fully saturated rings. The molecule has 0 saturated carbocycles. The molecule has 0 aliphatic rings. The predicted octanol–water partition coefficient (Wildman–Crippen LogP) is 4.42. The van der Waals surface area contributed by atoms with Crippen LogP contribution >= 0.6 is 0 Å². The number of nitrogens with one attached hydrogen (secondary N) is 1. The van der Waals surface area contributed by atoms with E-state index in [4.69, 9.17) is 13.9 Å². The van der Waals surface area contributed by atoms with Gasteiger partial charge in [-0.15, -0.1) is 0 Å². The number of esters is 1. The minimum Gasteiger partial charge on any atom is -0.497 e. The fourth-order valence-corrected chi connectivity index (χ4v) is 2.69. The molecule has 3 aromatic rings. The molecule has 140 valence electrons. The standard InChI is InChI=1S/C22H23NO4/c1-3-26-22(24)18-8-6-17(7-9-18)21-13-12-20(27-21)15-23-14-16-4-10-19(25-2)11-5-16/h4-13,23H,3,14-15H2,1-2H3. The Morgan fingerprint density at radius 2 is 1.70 bits per heavy atom. The topological polar surface area (TPSA) is 60.7 Å². The van der Waals surface area contributed by atoms with E-state index in [9.17, 15) is 4.79 Å². The van der Waals surface area contributed by atoms with Gasteiger partial charge in [-0.3, -0.25) is 0 Å². The van der Waals surface area contributed by atoms with Crippen molar-refractivity contribution in [2.45, 2.75) is 20.0 Å². The molecular weight excluding hydrogens is 342 g/mol. The monoisotopic (exact) mass is 365 g/mol. The minimum atomic E-state index is -0.313. The molecule has 1 aromatic heterocycles. The van der Waals surface area contributed by atoms with Crippen molar-refractivity contribution in [3.8, 4) is 17.1 Å². The lowest BCUT2D eigenvalue weighted by Gasteiger charge is -2.05. The molecule has 1 heterocycles. The van der Waals surface area contributed by atoms with Crippen LogP contribution < -0.4 is 10.1 Å². The molecule has 0 saturated heterocycles. The third kappa shape index (κ3) is 4.99. The molecule has 5 heteroatoms. The van der Waals surface area contributed by atoms with Crippen LogP contribution in [0.3, 0.4) is 0 Å². The van der Waals surface area contributed by atoms with E-state index in [-0.39, 0.29) is 5.97 Å². The summed E-state index contributed by atoms with van der Waals surface area (Å²) in [6.07, 6.45) is 0. The summed E-state index contributed by atoms with van der Waals surface area (Å²) in [6.45, 7) is 3.53. The van der Waals surface area contributed by atoms with E-state index in [0.717, 1.165) is 29.4 Å². The van der Waals surface area contributed by atoms with Gasteiger partial charge in [0.1, 0.15) is 17.3 Å². The number of hydrogen-bond acceptors (Lipinski definition) is 5. The first kappa shape index (κ1) is 18.7. The lowest BCUT2D eigenvalue weighted by molar-refractivity contribution is 0.0526. The van der Waals surface area contributed by atoms with Crippen LogP contribution in [0.4, 0.5) is 0 Å². The number of furan rings is 1. The second kappa shape index (κ2) is 9.05. The summed E-state index contributed by atoms with van der Waals surface area (Å²) in [4.78, 5) is 11.7. The molecule has 1 N–H and O–H groups in total. The van der Waals surface area contributed by atoms with Gasteiger partial charge < -0.3 is 19.2 Å². The maximum absolute atomic E-state index is 11.7. The zero-order chi connectivity index (χ0) is 19.1. The Bertz CT molecular complexity index is 866. The van der Waals surface area contributed by atoms with Gasteiger partial charge in [-0.1, -0.05) is 24.3 Å². The molecule has 0 spiro atoms. The van der Waals surface area contributed by atoms with Gasteiger partial charge in [0.2, 0.25) is 0 Å². The van der Waals surface area contributed by atoms with E-state index < -0.39 is 0 Å². The number of carbonyl (C=O) groups is 1. The van der Waals surface area contributed by atoms with Crippen molar-refractivity contribution in [1.82, 2.24) is 5.32 Å². The highest BCUT2D eigenvalue weighted by atomic mass is 16.5. The zero-order valence-electron chi connectivity index (χ0n) is 15.5. The quantitative estimate of drug-likeness (QED) is 0.599. The normalized spacial score (nSPS) is 10.6. The predicted molar refractivity (Wildman–Crippen MR) is 104 cm³/mol. The van der Waals surface area contributed by atoms with Gasteiger partial charge in [0, 0.05) is 12.1 Å². The van der Waals surface area contributed by atoms with Gasteiger partial charge >= 0.3 is 5.97 Å².